The number of hydrogen-bond donors (Lipinski definition) is 2. The fourth-order valence-electron chi connectivity index (χ4n) is 7.21. The van der Waals surface area contributed by atoms with Crippen molar-refractivity contribution >= 4 is 0 Å². The van der Waals surface area contributed by atoms with Gasteiger partial charge in [0.2, 0.25) is 0 Å². The van der Waals surface area contributed by atoms with Crippen molar-refractivity contribution in [3.05, 3.63) is 0 Å². The van der Waals surface area contributed by atoms with Crippen molar-refractivity contribution < 1.29 is 10.2 Å². The van der Waals surface area contributed by atoms with Gasteiger partial charge in [0.15, 0.2) is 0 Å². The number of hydrogen-bond acceptors (Lipinski definition) is 2. The van der Waals surface area contributed by atoms with Crippen molar-refractivity contribution in [1.29, 1.82) is 0 Å². The van der Waals surface area contributed by atoms with Crippen molar-refractivity contribution in [3.8, 4) is 0 Å². The molecule has 0 aromatic heterocycles. The first-order valence-corrected chi connectivity index (χ1v) is 9.31. The predicted octanol–water partition coefficient (Wildman–Crippen LogP) is 3.75. The molecular weight excluding hydrogens is 260 g/mol. The van der Waals surface area contributed by atoms with Gasteiger partial charge in [-0.2, -0.15) is 0 Å². The summed E-state index contributed by atoms with van der Waals surface area (Å²) in [7, 11) is 0. The highest BCUT2D eigenvalue weighted by Crippen LogP contribution is 2.66. The fourth-order valence-corrected chi connectivity index (χ4v) is 7.21. The van der Waals surface area contributed by atoms with Gasteiger partial charge in [-0.15, -0.1) is 0 Å². The molecule has 120 valence electrons. The van der Waals surface area contributed by atoms with Gasteiger partial charge in [-0.1, -0.05) is 13.8 Å². The Morgan fingerprint density at radius 2 is 1.48 bits per heavy atom. The second-order valence-electron chi connectivity index (χ2n) is 9.22. The summed E-state index contributed by atoms with van der Waals surface area (Å²) in [6.45, 7) is 4.90. The van der Waals surface area contributed by atoms with E-state index in [1.54, 1.807) is 0 Å². The van der Waals surface area contributed by atoms with Crippen LogP contribution >= 0.6 is 0 Å². The van der Waals surface area contributed by atoms with Crippen molar-refractivity contribution in [2.75, 3.05) is 0 Å². The third kappa shape index (κ3) is 1.91. The zero-order valence-corrected chi connectivity index (χ0v) is 13.7. The van der Waals surface area contributed by atoms with Gasteiger partial charge in [-0.3, -0.25) is 0 Å². The summed E-state index contributed by atoms with van der Waals surface area (Å²) >= 11 is 0. The monoisotopic (exact) mass is 292 g/mol. The molecule has 0 heterocycles. The van der Waals surface area contributed by atoms with Gasteiger partial charge in [0.05, 0.1) is 12.2 Å². The average molecular weight is 292 g/mol. The van der Waals surface area contributed by atoms with Gasteiger partial charge < -0.3 is 10.2 Å². The smallest absolute Gasteiger partial charge is 0.0596 e. The van der Waals surface area contributed by atoms with Crippen LogP contribution in [0.5, 0.6) is 0 Å². The second-order valence-corrected chi connectivity index (χ2v) is 9.22. The maximum absolute atomic E-state index is 10.5. The van der Waals surface area contributed by atoms with Crippen molar-refractivity contribution in [2.24, 2.45) is 34.5 Å². The summed E-state index contributed by atoms with van der Waals surface area (Å²) in [5.41, 5.74) is 0.676. The van der Waals surface area contributed by atoms with Crippen LogP contribution in [0.1, 0.15) is 71.6 Å². The maximum atomic E-state index is 10.5. The molecule has 4 fully saturated rings. The number of aliphatic hydroxyl groups is 2. The molecule has 4 aliphatic rings. The molecule has 0 aliphatic heterocycles. The van der Waals surface area contributed by atoms with Crippen molar-refractivity contribution in [1.82, 2.24) is 0 Å². The SMILES string of the molecule is C[C@]12CC[C@H](O)CC1CCC1C2CC[C@@]2(C)C1CC[C@@H]2O. The highest BCUT2D eigenvalue weighted by atomic mass is 16.3. The van der Waals surface area contributed by atoms with E-state index in [2.05, 4.69) is 13.8 Å². The summed E-state index contributed by atoms with van der Waals surface area (Å²) in [5.74, 6) is 3.21. The molecule has 0 aromatic rings. The molecular formula is C19H32O2. The third-order valence-corrected chi connectivity index (χ3v) is 8.59. The van der Waals surface area contributed by atoms with E-state index in [4.69, 9.17) is 0 Å². The van der Waals surface area contributed by atoms with Crippen LogP contribution in [0.2, 0.25) is 0 Å². The van der Waals surface area contributed by atoms with Crippen LogP contribution in [0, 0.1) is 34.5 Å². The first-order valence-electron chi connectivity index (χ1n) is 9.31. The third-order valence-electron chi connectivity index (χ3n) is 8.59. The minimum Gasteiger partial charge on any atom is -0.393 e. The molecule has 4 saturated carbocycles. The summed E-state index contributed by atoms with van der Waals surface area (Å²) in [6, 6.07) is 0. The molecule has 0 bridgehead atoms. The van der Waals surface area contributed by atoms with Crippen LogP contribution in [0.3, 0.4) is 0 Å². The lowest BCUT2D eigenvalue weighted by molar-refractivity contribution is -0.133. The van der Waals surface area contributed by atoms with Crippen LogP contribution < -0.4 is 0 Å². The average Bonchev–Trinajstić information content (AvgIpc) is 2.76. The quantitative estimate of drug-likeness (QED) is 0.714. The van der Waals surface area contributed by atoms with Gasteiger partial charge in [0.1, 0.15) is 0 Å². The van der Waals surface area contributed by atoms with Crippen molar-refractivity contribution in [3.63, 3.8) is 0 Å². The van der Waals surface area contributed by atoms with E-state index in [9.17, 15) is 10.2 Å². The molecule has 0 amide bonds. The summed E-state index contributed by atoms with van der Waals surface area (Å²) < 4.78 is 0. The number of aliphatic hydroxyl groups excluding tert-OH is 2. The Bertz CT molecular complexity index is 422. The number of fused-ring (bicyclic) bond motifs is 5. The molecule has 4 aliphatic carbocycles. The van der Waals surface area contributed by atoms with Gasteiger partial charge in [-0.25, -0.2) is 0 Å². The maximum Gasteiger partial charge on any atom is 0.0596 e. The molecule has 2 heteroatoms. The van der Waals surface area contributed by atoms with Crippen LogP contribution in [0.4, 0.5) is 0 Å². The molecule has 2 nitrogen and oxygen atoms in total. The highest BCUT2D eigenvalue weighted by Gasteiger charge is 2.59. The molecule has 2 N–H and O–H groups in total. The molecule has 0 radical (unpaired) electrons. The topological polar surface area (TPSA) is 40.5 Å². The van der Waals surface area contributed by atoms with Gasteiger partial charge in [0.25, 0.3) is 0 Å². The lowest BCUT2D eigenvalue weighted by Gasteiger charge is -2.60. The summed E-state index contributed by atoms with van der Waals surface area (Å²) in [4.78, 5) is 0. The van der Waals surface area contributed by atoms with Gasteiger partial charge in [-0.05, 0) is 92.3 Å². The normalized spacial score (nSPS) is 60.0. The first-order chi connectivity index (χ1) is 9.95. The molecule has 8 atom stereocenters. The second kappa shape index (κ2) is 4.71. The van der Waals surface area contributed by atoms with Gasteiger partial charge in [0, 0.05) is 0 Å². The lowest BCUT2D eigenvalue weighted by atomic mass is 9.45. The molecule has 4 rings (SSSR count). The van der Waals surface area contributed by atoms with Crippen LogP contribution in [0.15, 0.2) is 0 Å². The van der Waals surface area contributed by atoms with E-state index >= 15 is 0 Å². The fraction of sp³-hybridized carbons (Fsp3) is 1.00. The van der Waals surface area contributed by atoms with Crippen molar-refractivity contribution in [2.45, 2.75) is 83.8 Å². The standard InChI is InChI=1S/C19H32O2/c1-18-9-7-13(20)11-12(18)3-4-14-15-5-6-17(21)19(15,2)10-8-16(14)18/h12-17,20-21H,3-11H2,1-2H3/t12?,13-,14?,15?,16?,17-,18-,19-/m0/s1. The Labute approximate surface area is 129 Å². The number of rotatable bonds is 0. The molecule has 4 unspecified atom stereocenters. The van der Waals surface area contributed by atoms with E-state index in [1.165, 1.54) is 38.5 Å². The largest absolute Gasteiger partial charge is 0.393 e. The van der Waals surface area contributed by atoms with Crippen LogP contribution in [-0.2, 0) is 0 Å². The van der Waals surface area contributed by atoms with E-state index in [0.717, 1.165) is 42.9 Å². The Hall–Kier alpha value is -0.0800. The highest BCUT2D eigenvalue weighted by molar-refractivity contribution is 5.09. The van der Waals surface area contributed by atoms with E-state index in [-0.39, 0.29) is 17.6 Å². The van der Waals surface area contributed by atoms with Gasteiger partial charge >= 0.3 is 0 Å². The molecule has 0 spiro atoms. The Morgan fingerprint density at radius 3 is 2.29 bits per heavy atom. The molecule has 0 aromatic carbocycles. The summed E-state index contributed by atoms with van der Waals surface area (Å²) in [5, 5.41) is 20.5. The van der Waals surface area contributed by atoms with Crippen LogP contribution in [-0.4, -0.2) is 22.4 Å². The predicted molar refractivity (Wildman–Crippen MR) is 83.7 cm³/mol. The summed E-state index contributed by atoms with van der Waals surface area (Å²) in [6.07, 6.45) is 10.7. The Balaban J connectivity index is 1.62. The van der Waals surface area contributed by atoms with E-state index in [0.29, 0.717) is 5.41 Å². The minimum atomic E-state index is -0.0536. The Morgan fingerprint density at radius 1 is 0.762 bits per heavy atom. The molecule has 21 heavy (non-hydrogen) atoms. The first kappa shape index (κ1) is 14.5. The van der Waals surface area contributed by atoms with Crippen LogP contribution in [0.25, 0.3) is 0 Å². The zero-order chi connectivity index (χ0) is 14.8. The Kier molecular flexibility index (Phi) is 3.25. The van der Waals surface area contributed by atoms with E-state index < -0.39 is 0 Å². The molecule has 0 saturated heterocycles. The minimum absolute atomic E-state index is 0.0400. The lowest BCUT2D eigenvalue weighted by Crippen LogP contribution is -2.54. The van der Waals surface area contributed by atoms with E-state index in [1.807, 2.05) is 0 Å². The zero-order valence-electron chi connectivity index (χ0n) is 13.7.